The minimum atomic E-state index is -0.917. The smallest absolute Gasteiger partial charge is 0.329 e. The maximum atomic E-state index is 12.5. The molecule has 3 N–H and O–H groups in total. The van der Waals surface area contributed by atoms with E-state index >= 15 is 0 Å². The number of ether oxygens (including phenoxy) is 1. The SMILES string of the molecule is CC(=O)NC(Cc1c[nH]c2ccccc12)C(=O)OCC(=O)Nc1ccccc1Cl. The van der Waals surface area contributed by atoms with E-state index in [1.807, 2.05) is 24.3 Å². The molecule has 2 amide bonds. The average Bonchev–Trinajstić information content (AvgIpc) is 3.10. The fraction of sp³-hybridized carbons (Fsp3) is 0.190. The predicted octanol–water partition coefficient (Wildman–Crippen LogP) is 3.05. The van der Waals surface area contributed by atoms with Gasteiger partial charge in [-0.25, -0.2) is 4.79 Å². The summed E-state index contributed by atoms with van der Waals surface area (Å²) in [5.74, 6) is -1.59. The fourth-order valence-electron chi connectivity index (χ4n) is 2.95. The molecule has 7 nitrogen and oxygen atoms in total. The van der Waals surface area contributed by atoms with Crippen molar-refractivity contribution in [3.8, 4) is 0 Å². The van der Waals surface area contributed by atoms with Gasteiger partial charge in [-0.05, 0) is 23.8 Å². The number of rotatable bonds is 7. The summed E-state index contributed by atoms with van der Waals surface area (Å²) in [6.45, 7) is 0.827. The molecule has 3 rings (SSSR count). The van der Waals surface area contributed by atoms with Gasteiger partial charge in [-0.15, -0.1) is 0 Å². The summed E-state index contributed by atoms with van der Waals surface area (Å²) in [6.07, 6.45) is 2.02. The molecule has 0 fully saturated rings. The van der Waals surface area contributed by atoms with Gasteiger partial charge in [-0.2, -0.15) is 0 Å². The number of fused-ring (bicyclic) bond motifs is 1. The van der Waals surface area contributed by atoms with Crippen molar-refractivity contribution >= 4 is 46.0 Å². The molecule has 1 aromatic heterocycles. The topological polar surface area (TPSA) is 100 Å². The first-order valence-electron chi connectivity index (χ1n) is 8.97. The normalized spacial score (nSPS) is 11.7. The molecular weight excluding hydrogens is 394 g/mol. The molecule has 3 aromatic rings. The van der Waals surface area contributed by atoms with Crippen LogP contribution in [0.4, 0.5) is 5.69 Å². The molecule has 0 radical (unpaired) electrons. The quantitative estimate of drug-likeness (QED) is 0.518. The Labute approximate surface area is 172 Å². The Kier molecular flexibility index (Phi) is 6.51. The molecule has 0 aliphatic carbocycles. The van der Waals surface area contributed by atoms with E-state index < -0.39 is 24.5 Å². The highest BCUT2D eigenvalue weighted by molar-refractivity contribution is 6.33. The first-order valence-corrected chi connectivity index (χ1v) is 9.35. The summed E-state index contributed by atoms with van der Waals surface area (Å²) in [5, 5.41) is 6.49. The van der Waals surface area contributed by atoms with Gasteiger partial charge in [0.05, 0.1) is 10.7 Å². The van der Waals surface area contributed by atoms with Gasteiger partial charge in [0.1, 0.15) is 6.04 Å². The molecule has 0 aliphatic heterocycles. The van der Waals surface area contributed by atoms with Crippen LogP contribution in [0, 0.1) is 0 Å². The number of hydrogen-bond donors (Lipinski definition) is 3. The Balaban J connectivity index is 1.64. The lowest BCUT2D eigenvalue weighted by molar-refractivity contribution is -0.150. The molecule has 1 atom stereocenters. The monoisotopic (exact) mass is 413 g/mol. The second-order valence-electron chi connectivity index (χ2n) is 6.45. The van der Waals surface area contributed by atoms with Crippen LogP contribution in [0.1, 0.15) is 12.5 Å². The van der Waals surface area contributed by atoms with Crippen molar-refractivity contribution < 1.29 is 19.1 Å². The summed E-state index contributed by atoms with van der Waals surface area (Å²) in [5.41, 5.74) is 2.21. The second-order valence-corrected chi connectivity index (χ2v) is 6.86. The van der Waals surface area contributed by atoms with Crippen molar-refractivity contribution in [1.29, 1.82) is 0 Å². The van der Waals surface area contributed by atoms with Crippen LogP contribution in [0.15, 0.2) is 54.7 Å². The largest absolute Gasteiger partial charge is 0.454 e. The Morgan fingerprint density at radius 2 is 1.83 bits per heavy atom. The highest BCUT2D eigenvalue weighted by Gasteiger charge is 2.24. The third kappa shape index (κ3) is 5.36. The zero-order valence-corrected chi connectivity index (χ0v) is 16.5. The second kappa shape index (κ2) is 9.25. The van der Waals surface area contributed by atoms with Gasteiger partial charge >= 0.3 is 5.97 Å². The molecule has 0 saturated carbocycles. The lowest BCUT2D eigenvalue weighted by Gasteiger charge is -2.16. The summed E-state index contributed by atoms with van der Waals surface area (Å²) in [7, 11) is 0. The average molecular weight is 414 g/mol. The van der Waals surface area contributed by atoms with Crippen LogP contribution in [-0.2, 0) is 25.5 Å². The zero-order valence-electron chi connectivity index (χ0n) is 15.7. The number of H-pyrrole nitrogens is 1. The maximum Gasteiger partial charge on any atom is 0.329 e. The van der Waals surface area contributed by atoms with Gasteiger partial charge in [0.25, 0.3) is 5.91 Å². The molecule has 0 saturated heterocycles. The number of esters is 1. The zero-order chi connectivity index (χ0) is 20.8. The summed E-state index contributed by atoms with van der Waals surface area (Å²) in [4.78, 5) is 39.3. The van der Waals surface area contributed by atoms with Crippen LogP contribution in [-0.4, -0.2) is 35.4 Å². The van der Waals surface area contributed by atoms with Crippen molar-refractivity contribution in [3.05, 3.63) is 65.3 Å². The lowest BCUT2D eigenvalue weighted by atomic mass is 10.0. The van der Waals surface area contributed by atoms with Crippen LogP contribution < -0.4 is 10.6 Å². The number of para-hydroxylation sites is 2. The van der Waals surface area contributed by atoms with Crippen LogP contribution >= 0.6 is 11.6 Å². The van der Waals surface area contributed by atoms with Crippen molar-refractivity contribution in [1.82, 2.24) is 10.3 Å². The molecule has 2 aromatic carbocycles. The number of hydrogen-bond acceptors (Lipinski definition) is 4. The van der Waals surface area contributed by atoms with Crippen LogP contribution in [0.25, 0.3) is 10.9 Å². The minimum absolute atomic E-state index is 0.231. The molecule has 0 spiro atoms. The minimum Gasteiger partial charge on any atom is -0.454 e. The number of carbonyl (C=O) groups is 3. The summed E-state index contributed by atoms with van der Waals surface area (Å²) < 4.78 is 5.12. The number of nitrogens with one attached hydrogen (secondary N) is 3. The Bertz CT molecular complexity index is 1050. The first-order chi connectivity index (χ1) is 13.9. The molecule has 29 heavy (non-hydrogen) atoms. The van der Waals surface area contributed by atoms with E-state index in [9.17, 15) is 14.4 Å². The number of amides is 2. The van der Waals surface area contributed by atoms with Crippen molar-refractivity contribution in [3.63, 3.8) is 0 Å². The third-order valence-corrected chi connectivity index (χ3v) is 4.58. The van der Waals surface area contributed by atoms with E-state index in [4.69, 9.17) is 16.3 Å². The number of aromatic amines is 1. The highest BCUT2D eigenvalue weighted by Crippen LogP contribution is 2.21. The van der Waals surface area contributed by atoms with Gasteiger partial charge < -0.3 is 20.4 Å². The highest BCUT2D eigenvalue weighted by atomic mass is 35.5. The molecular formula is C21H20ClN3O4. The Hall–Kier alpha value is -3.32. The summed E-state index contributed by atoms with van der Waals surface area (Å²) in [6, 6.07) is 13.5. The number of carbonyl (C=O) groups excluding carboxylic acids is 3. The van der Waals surface area contributed by atoms with Crippen LogP contribution in [0.5, 0.6) is 0 Å². The third-order valence-electron chi connectivity index (χ3n) is 4.25. The number of halogens is 1. The van der Waals surface area contributed by atoms with Gasteiger partial charge in [-0.3, -0.25) is 9.59 Å². The first kappa shape index (κ1) is 20.4. The van der Waals surface area contributed by atoms with Gasteiger partial charge in [0.15, 0.2) is 6.61 Å². The fourth-order valence-corrected chi connectivity index (χ4v) is 3.13. The van der Waals surface area contributed by atoms with E-state index in [1.54, 1.807) is 30.5 Å². The van der Waals surface area contributed by atoms with Crippen molar-refractivity contribution in [2.24, 2.45) is 0 Å². The van der Waals surface area contributed by atoms with E-state index in [1.165, 1.54) is 6.92 Å². The maximum absolute atomic E-state index is 12.5. The molecule has 1 heterocycles. The Morgan fingerprint density at radius 3 is 2.59 bits per heavy atom. The van der Waals surface area contributed by atoms with Crippen LogP contribution in [0.3, 0.4) is 0 Å². The van der Waals surface area contributed by atoms with Crippen LogP contribution in [0.2, 0.25) is 5.02 Å². The molecule has 8 heteroatoms. The molecule has 0 aliphatic rings. The van der Waals surface area contributed by atoms with Crippen molar-refractivity contribution in [2.45, 2.75) is 19.4 Å². The van der Waals surface area contributed by atoms with E-state index in [0.29, 0.717) is 10.7 Å². The number of anilines is 1. The van der Waals surface area contributed by atoms with Gasteiger partial charge in [0, 0.05) is 30.4 Å². The van der Waals surface area contributed by atoms with Crippen molar-refractivity contribution in [2.75, 3.05) is 11.9 Å². The standard InChI is InChI=1S/C21H20ClN3O4/c1-13(26)24-19(10-14-11-23-17-8-4-2-6-15(14)17)21(28)29-12-20(27)25-18-9-5-3-7-16(18)22/h2-9,11,19,23H,10,12H2,1H3,(H,24,26)(H,25,27). The molecule has 150 valence electrons. The Morgan fingerprint density at radius 1 is 1.10 bits per heavy atom. The van der Waals surface area contributed by atoms with Gasteiger partial charge in [-0.1, -0.05) is 41.9 Å². The van der Waals surface area contributed by atoms with E-state index in [0.717, 1.165) is 16.5 Å². The number of aromatic nitrogens is 1. The summed E-state index contributed by atoms with van der Waals surface area (Å²) >= 11 is 5.99. The van der Waals surface area contributed by atoms with E-state index in [-0.39, 0.29) is 12.3 Å². The molecule has 0 bridgehead atoms. The van der Waals surface area contributed by atoms with Gasteiger partial charge in [0.2, 0.25) is 5.91 Å². The lowest BCUT2D eigenvalue weighted by Crippen LogP contribution is -2.43. The molecule has 1 unspecified atom stereocenters. The number of benzene rings is 2. The van der Waals surface area contributed by atoms with E-state index in [2.05, 4.69) is 15.6 Å². The predicted molar refractivity (Wildman–Crippen MR) is 111 cm³/mol.